The molecule has 6 nitrogen and oxygen atoms in total. The topological polar surface area (TPSA) is 64.4 Å². The van der Waals surface area contributed by atoms with Gasteiger partial charge in [-0.15, -0.1) is 23.3 Å². The number of carbonyl (C=O) groups is 2. The summed E-state index contributed by atoms with van der Waals surface area (Å²) in [6.07, 6.45) is 1.60. The summed E-state index contributed by atoms with van der Waals surface area (Å²) < 4.78 is 6.68. The number of benzene rings is 1. The Balaban J connectivity index is 0.00000176. The summed E-state index contributed by atoms with van der Waals surface area (Å²) in [6, 6.07) is 9.35. The molecule has 0 atom stereocenters. The number of para-hydroxylation sites is 1. The van der Waals surface area contributed by atoms with E-state index in [-0.39, 0.29) is 13.2 Å². The van der Waals surface area contributed by atoms with Crippen LogP contribution in [0.1, 0.15) is 29.9 Å². The number of aromatic nitrogens is 2. The van der Waals surface area contributed by atoms with Crippen molar-refractivity contribution in [1.29, 1.82) is 0 Å². The molecule has 0 radical (unpaired) electrons. The molecule has 1 heterocycles. The molecule has 0 spiro atoms. The standard InChI is InChI=1S/C17H19Cl2N3O3.H2S2/c1-3-21(16(23)15(18)19)11-14-13(17(24)25-4-2)10-22(20-14)12-8-6-5-7-9-12;1-2/h5-10,15H,3-4,11H2,1-2H3;1-2H. The van der Waals surface area contributed by atoms with Crippen LogP contribution >= 0.6 is 46.5 Å². The first-order chi connectivity index (χ1) is 13.0. The predicted molar refractivity (Wildman–Crippen MR) is 114 cm³/mol. The Kier molecular flexibility index (Phi) is 10.7. The third-order valence-corrected chi connectivity index (χ3v) is 3.90. The van der Waals surface area contributed by atoms with E-state index in [2.05, 4.69) is 28.4 Å². The van der Waals surface area contributed by atoms with Gasteiger partial charge >= 0.3 is 5.97 Å². The maximum Gasteiger partial charge on any atom is 0.341 e. The van der Waals surface area contributed by atoms with Crippen LogP contribution in [0.25, 0.3) is 5.69 Å². The SMILES string of the molecule is CCOC(=O)c1cn(-c2ccccc2)nc1CN(CC)C(=O)C(Cl)Cl.SS. The maximum atomic E-state index is 12.3. The van der Waals surface area contributed by atoms with Crippen LogP contribution in [0.2, 0.25) is 0 Å². The van der Waals surface area contributed by atoms with Gasteiger partial charge in [0, 0.05) is 12.7 Å². The number of hydrogen-bond donors (Lipinski definition) is 2. The summed E-state index contributed by atoms with van der Waals surface area (Å²) in [7, 11) is 0. The number of esters is 1. The molecule has 148 valence electrons. The molecular weight excluding hydrogens is 429 g/mol. The number of alkyl halides is 2. The van der Waals surface area contributed by atoms with Gasteiger partial charge in [0.25, 0.3) is 5.91 Å². The number of halogens is 2. The fourth-order valence-electron chi connectivity index (χ4n) is 2.28. The molecule has 1 aromatic carbocycles. The highest BCUT2D eigenvalue weighted by Gasteiger charge is 2.24. The van der Waals surface area contributed by atoms with Gasteiger partial charge in [0.15, 0.2) is 4.84 Å². The molecule has 0 aliphatic carbocycles. The first-order valence-electron chi connectivity index (χ1n) is 8.05. The quantitative estimate of drug-likeness (QED) is 0.290. The number of hydrogen-bond acceptors (Lipinski definition) is 6. The number of thiol groups is 2. The zero-order valence-electron chi connectivity index (χ0n) is 14.9. The summed E-state index contributed by atoms with van der Waals surface area (Å²) in [6.45, 7) is 4.27. The van der Waals surface area contributed by atoms with Crippen molar-refractivity contribution in [2.75, 3.05) is 13.2 Å². The van der Waals surface area contributed by atoms with Crippen molar-refractivity contribution in [3.05, 3.63) is 47.8 Å². The van der Waals surface area contributed by atoms with Crippen LogP contribution in [0.3, 0.4) is 0 Å². The highest BCUT2D eigenvalue weighted by Crippen LogP contribution is 2.17. The van der Waals surface area contributed by atoms with Crippen molar-refractivity contribution in [2.24, 2.45) is 0 Å². The van der Waals surface area contributed by atoms with E-state index in [0.717, 1.165) is 5.69 Å². The van der Waals surface area contributed by atoms with E-state index in [1.54, 1.807) is 24.7 Å². The van der Waals surface area contributed by atoms with Gasteiger partial charge in [-0.3, -0.25) is 4.79 Å². The zero-order valence-corrected chi connectivity index (χ0v) is 18.2. The Morgan fingerprint density at radius 2 is 1.85 bits per heavy atom. The van der Waals surface area contributed by atoms with Gasteiger partial charge in [-0.05, 0) is 26.0 Å². The molecule has 0 N–H and O–H groups in total. The zero-order chi connectivity index (χ0) is 20.4. The van der Waals surface area contributed by atoms with Crippen molar-refractivity contribution in [2.45, 2.75) is 25.2 Å². The van der Waals surface area contributed by atoms with Crippen molar-refractivity contribution in [3.63, 3.8) is 0 Å². The van der Waals surface area contributed by atoms with Crippen molar-refractivity contribution in [3.8, 4) is 5.69 Å². The predicted octanol–water partition coefficient (Wildman–Crippen LogP) is 3.96. The number of amides is 1. The molecule has 0 aliphatic heterocycles. The van der Waals surface area contributed by atoms with Crippen LogP contribution in [0, 0.1) is 0 Å². The molecule has 0 saturated carbocycles. The third kappa shape index (κ3) is 6.64. The lowest BCUT2D eigenvalue weighted by atomic mass is 10.2. The average molecular weight is 450 g/mol. The molecule has 27 heavy (non-hydrogen) atoms. The maximum absolute atomic E-state index is 12.3. The fraction of sp³-hybridized carbons (Fsp3) is 0.353. The molecule has 10 heteroatoms. The molecule has 2 rings (SSSR count). The Morgan fingerprint density at radius 1 is 1.22 bits per heavy atom. The lowest BCUT2D eigenvalue weighted by Crippen LogP contribution is -2.34. The van der Waals surface area contributed by atoms with E-state index in [4.69, 9.17) is 27.9 Å². The Hall–Kier alpha value is -1.35. The molecule has 2 aromatic rings. The van der Waals surface area contributed by atoms with E-state index in [1.165, 1.54) is 4.90 Å². The first-order valence-corrected chi connectivity index (χ1v) is 10.5. The van der Waals surface area contributed by atoms with E-state index in [0.29, 0.717) is 17.8 Å². The third-order valence-electron chi connectivity index (χ3n) is 3.53. The minimum Gasteiger partial charge on any atom is -0.462 e. The summed E-state index contributed by atoms with van der Waals surface area (Å²) in [5.74, 6) is -0.925. The van der Waals surface area contributed by atoms with E-state index in [1.807, 2.05) is 30.3 Å². The normalized spacial score (nSPS) is 10.2. The second-order valence-electron chi connectivity index (χ2n) is 5.14. The number of nitrogens with zero attached hydrogens (tertiary/aromatic N) is 3. The molecule has 1 aromatic heterocycles. The van der Waals surface area contributed by atoms with Gasteiger partial charge in [0.05, 0.1) is 24.5 Å². The van der Waals surface area contributed by atoms with Gasteiger partial charge in [0.1, 0.15) is 5.56 Å². The van der Waals surface area contributed by atoms with Crippen LogP contribution in [-0.4, -0.2) is 44.5 Å². The molecule has 1 amide bonds. The van der Waals surface area contributed by atoms with Crippen LogP contribution < -0.4 is 0 Å². The highest BCUT2D eigenvalue weighted by molar-refractivity contribution is 8.59. The van der Waals surface area contributed by atoms with E-state index in [9.17, 15) is 9.59 Å². The van der Waals surface area contributed by atoms with Crippen molar-refractivity contribution >= 4 is 58.4 Å². The van der Waals surface area contributed by atoms with Gasteiger partial charge in [-0.1, -0.05) is 41.4 Å². The van der Waals surface area contributed by atoms with Gasteiger partial charge in [-0.2, -0.15) is 5.10 Å². The van der Waals surface area contributed by atoms with Crippen molar-refractivity contribution in [1.82, 2.24) is 14.7 Å². The summed E-state index contributed by atoms with van der Waals surface area (Å²) in [5.41, 5.74) is 1.52. The minimum atomic E-state index is -1.16. The van der Waals surface area contributed by atoms with Gasteiger partial charge in [0.2, 0.25) is 0 Å². The van der Waals surface area contributed by atoms with E-state index >= 15 is 0 Å². The van der Waals surface area contributed by atoms with Crippen LogP contribution in [0.5, 0.6) is 0 Å². The molecule has 0 bridgehead atoms. The fourth-order valence-corrected chi connectivity index (χ4v) is 2.56. The smallest absolute Gasteiger partial charge is 0.341 e. The van der Waals surface area contributed by atoms with Gasteiger partial charge in [-0.25, -0.2) is 9.48 Å². The van der Waals surface area contributed by atoms with Crippen LogP contribution in [-0.2, 0) is 16.1 Å². The molecule has 0 aliphatic rings. The highest BCUT2D eigenvalue weighted by atomic mass is 35.5. The Bertz CT molecular complexity index is 742. The van der Waals surface area contributed by atoms with Crippen LogP contribution in [0.15, 0.2) is 36.5 Å². The summed E-state index contributed by atoms with van der Waals surface area (Å²) in [4.78, 5) is 24.6. The number of ether oxygens (including phenoxy) is 1. The van der Waals surface area contributed by atoms with Gasteiger partial charge < -0.3 is 9.64 Å². The molecular formula is C17H21Cl2N3O3S2. The summed E-state index contributed by atoms with van der Waals surface area (Å²) >= 11 is 17.8. The van der Waals surface area contributed by atoms with Crippen molar-refractivity contribution < 1.29 is 14.3 Å². The minimum absolute atomic E-state index is 0.110. The monoisotopic (exact) mass is 449 g/mol. The second kappa shape index (κ2) is 12.2. The second-order valence-corrected chi connectivity index (χ2v) is 6.24. The first kappa shape index (κ1) is 23.7. The Labute approximate surface area is 179 Å². The largest absolute Gasteiger partial charge is 0.462 e. The molecule has 0 fully saturated rings. The number of rotatable bonds is 7. The molecule has 0 saturated heterocycles. The molecule has 0 unspecified atom stereocenters. The summed E-state index contributed by atoms with van der Waals surface area (Å²) in [5, 5.41) is 4.45. The van der Waals surface area contributed by atoms with Crippen LogP contribution in [0.4, 0.5) is 0 Å². The number of carbonyl (C=O) groups excluding carboxylic acids is 2. The lowest BCUT2D eigenvalue weighted by molar-refractivity contribution is -0.129. The average Bonchev–Trinajstić information content (AvgIpc) is 3.12. The lowest BCUT2D eigenvalue weighted by Gasteiger charge is -2.20. The Morgan fingerprint density at radius 3 is 2.37 bits per heavy atom. The van der Waals surface area contributed by atoms with E-state index < -0.39 is 16.7 Å².